The van der Waals surface area contributed by atoms with Crippen molar-refractivity contribution in [2.45, 2.75) is 78.0 Å². The van der Waals surface area contributed by atoms with E-state index >= 15 is 0 Å². The van der Waals surface area contributed by atoms with Crippen LogP contribution < -0.4 is 5.73 Å². The van der Waals surface area contributed by atoms with Gasteiger partial charge in [0, 0.05) is 25.5 Å². The molecule has 2 aromatic heterocycles. The lowest BCUT2D eigenvalue weighted by Gasteiger charge is -2.35. The van der Waals surface area contributed by atoms with Gasteiger partial charge in [-0.1, -0.05) is 25.3 Å². The molecule has 2 aromatic rings. The molecule has 2 N–H and O–H groups in total. The van der Waals surface area contributed by atoms with Gasteiger partial charge in [0.2, 0.25) is 0 Å². The van der Waals surface area contributed by atoms with E-state index in [-0.39, 0.29) is 12.1 Å². The number of ether oxygens (including phenoxy) is 1. The largest absolute Gasteiger partial charge is 0.444 e. The summed E-state index contributed by atoms with van der Waals surface area (Å²) in [5, 5.41) is 0. The summed E-state index contributed by atoms with van der Waals surface area (Å²) in [5.41, 5.74) is 8.00. The van der Waals surface area contributed by atoms with Crippen LogP contribution in [-0.2, 0) is 11.3 Å². The Morgan fingerprint density at radius 2 is 2.00 bits per heavy atom. The van der Waals surface area contributed by atoms with E-state index in [0.717, 1.165) is 23.4 Å². The van der Waals surface area contributed by atoms with Crippen LogP contribution in [0.2, 0.25) is 0 Å². The van der Waals surface area contributed by atoms with Crippen molar-refractivity contribution in [3.63, 3.8) is 0 Å². The molecule has 1 fully saturated rings. The van der Waals surface area contributed by atoms with E-state index in [0.29, 0.717) is 12.5 Å². The predicted molar refractivity (Wildman–Crippen MR) is 111 cm³/mol. The van der Waals surface area contributed by atoms with Crippen LogP contribution in [0.5, 0.6) is 0 Å². The molecule has 6 nitrogen and oxygen atoms in total. The molecule has 2 heterocycles. The van der Waals surface area contributed by atoms with Gasteiger partial charge in [0.15, 0.2) is 0 Å². The van der Waals surface area contributed by atoms with Crippen LogP contribution in [0.25, 0.3) is 5.65 Å². The van der Waals surface area contributed by atoms with Gasteiger partial charge in [-0.05, 0) is 58.1 Å². The molecule has 0 saturated heterocycles. The lowest BCUT2D eigenvalue weighted by Crippen LogP contribution is -2.41. The van der Waals surface area contributed by atoms with Crippen molar-refractivity contribution >= 4 is 11.7 Å². The summed E-state index contributed by atoms with van der Waals surface area (Å²) in [6, 6.07) is 3.95. The maximum absolute atomic E-state index is 13.0. The third-order valence-electron chi connectivity index (χ3n) is 5.49. The van der Waals surface area contributed by atoms with E-state index in [9.17, 15) is 4.79 Å². The van der Waals surface area contributed by atoms with Crippen molar-refractivity contribution in [1.82, 2.24) is 14.3 Å². The number of carbonyl (C=O) groups is 1. The standard InChI is InChI=1S/C22H34N4O2/c1-16(18-10-11-20-24-19(12-23)15-25(20)14-18)26(21(27)28-22(2,3)4)13-17-8-6-5-7-9-17/h10-11,14-17H,5-9,12-13,23H2,1-4H3. The SMILES string of the molecule is CC(c1ccc2nc(CN)cn2c1)N(CC1CCCCC1)C(=O)OC(C)(C)C. The number of amides is 1. The van der Waals surface area contributed by atoms with Gasteiger partial charge in [0.05, 0.1) is 11.7 Å². The smallest absolute Gasteiger partial charge is 0.410 e. The van der Waals surface area contributed by atoms with E-state index in [2.05, 4.69) is 11.9 Å². The number of carbonyl (C=O) groups excluding carboxylic acids is 1. The van der Waals surface area contributed by atoms with Gasteiger partial charge in [0.1, 0.15) is 11.2 Å². The van der Waals surface area contributed by atoms with Gasteiger partial charge in [-0.3, -0.25) is 0 Å². The molecule has 3 rings (SSSR count). The number of imidazole rings is 1. The summed E-state index contributed by atoms with van der Waals surface area (Å²) < 4.78 is 7.73. The van der Waals surface area contributed by atoms with Crippen LogP contribution in [0, 0.1) is 5.92 Å². The maximum Gasteiger partial charge on any atom is 0.410 e. The van der Waals surface area contributed by atoms with Crippen LogP contribution in [0.1, 0.15) is 77.1 Å². The second-order valence-corrected chi connectivity index (χ2v) is 8.98. The summed E-state index contributed by atoms with van der Waals surface area (Å²) in [6.45, 7) is 8.99. The first-order valence-corrected chi connectivity index (χ1v) is 10.4. The number of nitrogens with two attached hydrogens (primary N) is 1. The lowest BCUT2D eigenvalue weighted by atomic mass is 9.88. The number of nitrogens with zero attached hydrogens (tertiary/aromatic N) is 3. The highest BCUT2D eigenvalue weighted by Crippen LogP contribution is 2.30. The second kappa shape index (κ2) is 8.52. The van der Waals surface area contributed by atoms with Crippen molar-refractivity contribution in [2.75, 3.05) is 6.54 Å². The summed E-state index contributed by atoms with van der Waals surface area (Å²) in [7, 11) is 0. The minimum atomic E-state index is -0.508. The van der Waals surface area contributed by atoms with Crippen LogP contribution >= 0.6 is 0 Å². The fourth-order valence-corrected chi connectivity index (χ4v) is 3.95. The molecule has 0 bridgehead atoms. The third-order valence-corrected chi connectivity index (χ3v) is 5.49. The Kier molecular flexibility index (Phi) is 6.28. The van der Waals surface area contributed by atoms with Crippen LogP contribution in [-0.4, -0.2) is 32.5 Å². The topological polar surface area (TPSA) is 72.9 Å². The Morgan fingerprint density at radius 1 is 1.29 bits per heavy atom. The van der Waals surface area contributed by atoms with Crippen molar-refractivity contribution in [1.29, 1.82) is 0 Å². The third kappa shape index (κ3) is 5.04. The zero-order valence-electron chi connectivity index (χ0n) is 17.6. The molecule has 0 spiro atoms. The molecule has 28 heavy (non-hydrogen) atoms. The van der Waals surface area contributed by atoms with Gasteiger partial charge in [-0.2, -0.15) is 0 Å². The molecule has 0 radical (unpaired) electrons. The number of aromatic nitrogens is 2. The van der Waals surface area contributed by atoms with Crippen molar-refractivity contribution < 1.29 is 9.53 Å². The minimum Gasteiger partial charge on any atom is -0.444 e. The Balaban J connectivity index is 1.85. The molecular formula is C22H34N4O2. The molecule has 0 aromatic carbocycles. The number of fused-ring (bicyclic) bond motifs is 1. The maximum atomic E-state index is 13.0. The highest BCUT2D eigenvalue weighted by molar-refractivity contribution is 5.69. The highest BCUT2D eigenvalue weighted by atomic mass is 16.6. The van der Waals surface area contributed by atoms with Gasteiger partial charge < -0.3 is 19.8 Å². The zero-order valence-corrected chi connectivity index (χ0v) is 17.6. The summed E-state index contributed by atoms with van der Waals surface area (Å²) >= 11 is 0. The first kappa shape index (κ1) is 20.6. The number of pyridine rings is 1. The molecule has 6 heteroatoms. The number of rotatable bonds is 5. The molecule has 1 aliphatic carbocycles. The number of hydrogen-bond donors (Lipinski definition) is 1. The molecular weight excluding hydrogens is 352 g/mol. The Morgan fingerprint density at radius 3 is 2.64 bits per heavy atom. The van der Waals surface area contributed by atoms with E-state index in [1.54, 1.807) is 0 Å². The van der Waals surface area contributed by atoms with Crippen molar-refractivity contribution in [3.8, 4) is 0 Å². The summed E-state index contributed by atoms with van der Waals surface area (Å²) in [6.07, 6.45) is 9.94. The second-order valence-electron chi connectivity index (χ2n) is 8.98. The van der Waals surface area contributed by atoms with Crippen molar-refractivity contribution in [3.05, 3.63) is 35.8 Å². The first-order valence-electron chi connectivity index (χ1n) is 10.4. The Labute approximate surface area is 168 Å². The van der Waals surface area contributed by atoms with Crippen LogP contribution in [0.15, 0.2) is 24.5 Å². The Bertz CT molecular complexity index is 802. The van der Waals surface area contributed by atoms with E-state index in [1.165, 1.54) is 32.1 Å². The molecule has 0 aliphatic heterocycles. The fraction of sp³-hybridized carbons (Fsp3) is 0.636. The summed E-state index contributed by atoms with van der Waals surface area (Å²) in [4.78, 5) is 19.4. The van der Waals surface area contributed by atoms with Crippen LogP contribution in [0.3, 0.4) is 0 Å². The lowest BCUT2D eigenvalue weighted by molar-refractivity contribution is 0.0123. The quantitative estimate of drug-likeness (QED) is 0.810. The average Bonchev–Trinajstić information content (AvgIpc) is 3.07. The van der Waals surface area contributed by atoms with E-state index in [1.807, 2.05) is 54.6 Å². The molecule has 154 valence electrons. The van der Waals surface area contributed by atoms with Gasteiger partial charge >= 0.3 is 6.09 Å². The van der Waals surface area contributed by atoms with Crippen molar-refractivity contribution in [2.24, 2.45) is 11.7 Å². The molecule has 1 saturated carbocycles. The van der Waals surface area contributed by atoms with E-state index in [4.69, 9.17) is 10.5 Å². The number of hydrogen-bond acceptors (Lipinski definition) is 4. The predicted octanol–water partition coefficient (Wildman–Crippen LogP) is 4.67. The van der Waals surface area contributed by atoms with E-state index < -0.39 is 5.60 Å². The normalized spacial score (nSPS) is 16.9. The first-order chi connectivity index (χ1) is 13.3. The molecule has 1 unspecified atom stereocenters. The Hall–Kier alpha value is -2.08. The fourth-order valence-electron chi connectivity index (χ4n) is 3.95. The zero-order chi connectivity index (χ0) is 20.3. The molecule has 1 amide bonds. The minimum absolute atomic E-state index is 0.0788. The van der Waals surface area contributed by atoms with Crippen LogP contribution in [0.4, 0.5) is 4.79 Å². The van der Waals surface area contributed by atoms with Gasteiger partial charge in [-0.15, -0.1) is 0 Å². The monoisotopic (exact) mass is 386 g/mol. The molecule has 1 atom stereocenters. The summed E-state index contributed by atoms with van der Waals surface area (Å²) in [5.74, 6) is 0.546. The highest BCUT2D eigenvalue weighted by Gasteiger charge is 2.30. The average molecular weight is 387 g/mol. The van der Waals surface area contributed by atoms with Gasteiger partial charge in [-0.25, -0.2) is 9.78 Å². The molecule has 1 aliphatic rings. The van der Waals surface area contributed by atoms with Gasteiger partial charge in [0.25, 0.3) is 0 Å².